The highest BCUT2D eigenvalue weighted by molar-refractivity contribution is 8.03. The summed E-state index contributed by atoms with van der Waals surface area (Å²) in [4.78, 5) is 19.9. The van der Waals surface area contributed by atoms with Gasteiger partial charge in [0, 0.05) is 19.6 Å². The van der Waals surface area contributed by atoms with Crippen LogP contribution in [0.15, 0.2) is 34.2 Å². The van der Waals surface area contributed by atoms with Gasteiger partial charge in [0.2, 0.25) is 0 Å². The lowest BCUT2D eigenvalue weighted by atomic mass is 10.1. The van der Waals surface area contributed by atoms with Crippen molar-refractivity contribution >= 4 is 29.2 Å². The van der Waals surface area contributed by atoms with Crippen molar-refractivity contribution in [3.8, 4) is 5.75 Å². The first-order valence-corrected chi connectivity index (χ1v) is 10.4. The second-order valence-corrected chi connectivity index (χ2v) is 7.34. The second kappa shape index (κ2) is 12.4. The number of phenolic OH excluding ortho intramolecular Hbond substituents is 1. The fourth-order valence-corrected chi connectivity index (χ4v) is 3.31. The van der Waals surface area contributed by atoms with Gasteiger partial charge in [-0.3, -0.25) is 4.79 Å². The zero-order valence-electron chi connectivity index (χ0n) is 16.8. The molecule has 1 rings (SSSR count). The molecule has 0 unspecified atom stereocenters. The number of carbonyl (C=O) groups is 1. The van der Waals surface area contributed by atoms with Crippen molar-refractivity contribution in [3.05, 3.63) is 34.7 Å². The van der Waals surface area contributed by atoms with Gasteiger partial charge < -0.3 is 21.1 Å². The summed E-state index contributed by atoms with van der Waals surface area (Å²) in [5.74, 6) is 1.05. The number of nitrogens with two attached hydrogens (primary N) is 1. The fraction of sp³-hybridized carbons (Fsp3) is 0.500. The zero-order chi connectivity index (χ0) is 20.2. The molecule has 0 saturated heterocycles. The lowest BCUT2D eigenvalue weighted by molar-refractivity contribution is 0.0761. The van der Waals surface area contributed by atoms with Crippen LogP contribution in [0.5, 0.6) is 5.75 Å². The first-order valence-electron chi connectivity index (χ1n) is 9.41. The Bertz CT molecular complexity index is 674. The van der Waals surface area contributed by atoms with Crippen LogP contribution in [0, 0.1) is 0 Å². The summed E-state index contributed by atoms with van der Waals surface area (Å²) < 4.78 is 0. The number of amidine groups is 1. The summed E-state index contributed by atoms with van der Waals surface area (Å²) >= 11 is 1.78. The molecule has 1 aromatic carbocycles. The number of benzene rings is 1. The predicted molar refractivity (Wildman–Crippen MR) is 116 cm³/mol. The number of hydrogen-bond donors (Lipinski definition) is 3. The van der Waals surface area contributed by atoms with E-state index in [1.807, 2.05) is 20.8 Å². The van der Waals surface area contributed by atoms with Gasteiger partial charge in [-0.25, -0.2) is 4.99 Å². The van der Waals surface area contributed by atoms with Gasteiger partial charge in [0.25, 0.3) is 5.91 Å². The maximum atomic E-state index is 12.6. The smallest absolute Gasteiger partial charge is 0.257 e. The number of amides is 1. The normalized spacial score (nSPS) is 12.3. The number of aliphatic imine (C=N–C) groups is 1. The summed E-state index contributed by atoms with van der Waals surface area (Å²) in [6.07, 6.45) is 2.94. The predicted octanol–water partition coefficient (Wildman–Crippen LogP) is 3.50. The summed E-state index contributed by atoms with van der Waals surface area (Å²) in [6, 6.07) is 4.98. The molecule has 0 bridgehead atoms. The number of nitrogens with one attached hydrogen (secondary N) is 1. The highest BCUT2D eigenvalue weighted by Crippen LogP contribution is 2.31. The van der Waals surface area contributed by atoms with Crippen LogP contribution in [-0.2, 0) is 0 Å². The Morgan fingerprint density at radius 3 is 2.67 bits per heavy atom. The molecule has 0 aliphatic heterocycles. The van der Waals surface area contributed by atoms with Gasteiger partial charge >= 0.3 is 0 Å². The monoisotopic (exact) mass is 392 g/mol. The second-order valence-electron chi connectivity index (χ2n) is 5.95. The zero-order valence-corrected chi connectivity index (χ0v) is 17.6. The van der Waals surface area contributed by atoms with E-state index in [0.29, 0.717) is 31.2 Å². The Kier molecular flexibility index (Phi) is 10.6. The van der Waals surface area contributed by atoms with Crippen molar-refractivity contribution in [2.75, 3.05) is 31.9 Å². The van der Waals surface area contributed by atoms with E-state index in [1.165, 1.54) is 4.91 Å². The van der Waals surface area contributed by atoms with Crippen molar-refractivity contribution in [1.82, 2.24) is 10.2 Å². The number of phenols is 1. The molecule has 0 fully saturated rings. The number of thioether (sulfide) groups is 1. The van der Waals surface area contributed by atoms with E-state index >= 15 is 0 Å². The lowest BCUT2D eigenvalue weighted by Crippen LogP contribution is -2.31. The average molecular weight is 393 g/mol. The first-order chi connectivity index (χ1) is 13.0. The van der Waals surface area contributed by atoms with Gasteiger partial charge in [-0.1, -0.05) is 26.0 Å². The molecule has 0 radical (unpaired) electrons. The maximum absolute atomic E-state index is 12.6. The van der Waals surface area contributed by atoms with E-state index < -0.39 is 0 Å². The maximum Gasteiger partial charge on any atom is 0.257 e. The molecular formula is C20H32N4O2S. The van der Waals surface area contributed by atoms with E-state index in [4.69, 9.17) is 5.73 Å². The molecule has 7 heteroatoms. The third-order valence-corrected chi connectivity index (χ3v) is 4.97. The minimum absolute atomic E-state index is 0.129. The Morgan fingerprint density at radius 2 is 2.07 bits per heavy atom. The Labute approximate surface area is 166 Å². The van der Waals surface area contributed by atoms with Crippen molar-refractivity contribution in [2.45, 2.75) is 34.1 Å². The van der Waals surface area contributed by atoms with Crippen molar-refractivity contribution < 1.29 is 9.90 Å². The minimum Gasteiger partial charge on any atom is -0.505 e. The molecule has 6 nitrogen and oxygen atoms in total. The van der Waals surface area contributed by atoms with Crippen LogP contribution in [0.4, 0.5) is 5.69 Å². The van der Waals surface area contributed by atoms with E-state index in [-0.39, 0.29) is 17.2 Å². The summed E-state index contributed by atoms with van der Waals surface area (Å²) in [6.45, 7) is 10.4. The van der Waals surface area contributed by atoms with Crippen LogP contribution in [0.25, 0.3) is 0 Å². The fourth-order valence-electron chi connectivity index (χ4n) is 2.57. The number of hydrogen-bond acceptors (Lipinski definition) is 5. The summed E-state index contributed by atoms with van der Waals surface area (Å²) in [5.41, 5.74) is 6.55. The van der Waals surface area contributed by atoms with Gasteiger partial charge in [0.1, 0.15) is 11.5 Å². The van der Waals surface area contributed by atoms with Crippen LogP contribution in [0.1, 0.15) is 44.5 Å². The highest BCUT2D eigenvalue weighted by atomic mass is 32.2. The van der Waals surface area contributed by atoms with Crippen molar-refractivity contribution in [3.63, 3.8) is 0 Å². The largest absolute Gasteiger partial charge is 0.505 e. The van der Waals surface area contributed by atoms with E-state index in [2.05, 4.69) is 23.3 Å². The third kappa shape index (κ3) is 7.27. The molecule has 0 aliphatic carbocycles. The van der Waals surface area contributed by atoms with Crippen molar-refractivity contribution in [1.29, 1.82) is 0 Å². The number of para-hydroxylation sites is 1. The third-order valence-electron chi connectivity index (χ3n) is 3.93. The number of aromatic hydroxyl groups is 1. The van der Waals surface area contributed by atoms with Gasteiger partial charge in [-0.2, -0.15) is 0 Å². The van der Waals surface area contributed by atoms with E-state index in [1.54, 1.807) is 34.9 Å². The molecule has 27 heavy (non-hydrogen) atoms. The Balaban J connectivity index is 2.85. The molecule has 0 aliphatic rings. The number of carbonyl (C=O) groups excluding carboxylic acids is 1. The Morgan fingerprint density at radius 1 is 1.33 bits per heavy atom. The van der Waals surface area contributed by atoms with Gasteiger partial charge in [0.15, 0.2) is 5.75 Å². The molecule has 0 saturated carbocycles. The number of rotatable bonds is 11. The van der Waals surface area contributed by atoms with Crippen LogP contribution in [-0.4, -0.2) is 53.7 Å². The summed E-state index contributed by atoms with van der Waals surface area (Å²) in [7, 11) is 0. The van der Waals surface area contributed by atoms with Gasteiger partial charge in [-0.15, -0.1) is 11.8 Å². The molecule has 1 aromatic rings. The number of nitrogens with zero attached hydrogens (tertiary/aromatic N) is 2. The van der Waals surface area contributed by atoms with Crippen LogP contribution < -0.4 is 11.1 Å². The SMILES string of the molecule is C/C=C(/CNCC(N)=Nc1cccc(C(=O)N(CC)CCC)c1O)SCC. The first kappa shape index (κ1) is 23.0. The quantitative estimate of drug-likeness (QED) is 0.396. The van der Waals surface area contributed by atoms with E-state index in [0.717, 1.165) is 18.7 Å². The summed E-state index contributed by atoms with van der Waals surface area (Å²) in [5, 5.41) is 13.7. The molecule has 1 amide bonds. The highest BCUT2D eigenvalue weighted by Gasteiger charge is 2.19. The topological polar surface area (TPSA) is 90.9 Å². The van der Waals surface area contributed by atoms with E-state index in [9.17, 15) is 9.90 Å². The molecular weight excluding hydrogens is 360 g/mol. The van der Waals surface area contributed by atoms with Gasteiger partial charge in [0.05, 0.1) is 12.1 Å². The van der Waals surface area contributed by atoms with Crippen molar-refractivity contribution in [2.24, 2.45) is 10.7 Å². The number of allylic oxidation sites excluding steroid dienone is 1. The molecule has 0 atom stereocenters. The van der Waals surface area contributed by atoms with Gasteiger partial charge in [-0.05, 0) is 43.1 Å². The standard InChI is InChI=1S/C20H32N4O2S/c1-5-12-24(7-3)20(26)16-10-9-11-17(19(16)25)23-18(21)14-22-13-15(6-2)27-8-4/h6,9-11,22,25H,5,7-8,12-14H2,1-4H3,(H2,21,23)/b15-6-. The molecule has 0 spiro atoms. The molecule has 0 heterocycles. The minimum atomic E-state index is -0.195. The van der Waals surface area contributed by atoms with Crippen LogP contribution in [0.2, 0.25) is 0 Å². The lowest BCUT2D eigenvalue weighted by Gasteiger charge is -2.20. The Hall–Kier alpha value is -1.99. The average Bonchev–Trinajstić information content (AvgIpc) is 2.66. The molecule has 4 N–H and O–H groups in total. The molecule has 0 aromatic heterocycles. The van der Waals surface area contributed by atoms with Crippen LogP contribution >= 0.6 is 11.8 Å². The van der Waals surface area contributed by atoms with Crippen LogP contribution in [0.3, 0.4) is 0 Å². The molecule has 150 valence electrons.